The zero-order valence-electron chi connectivity index (χ0n) is 15.6. The molecule has 0 bridgehead atoms. The number of carbonyl (C=O) groups excluding carboxylic acids is 1. The summed E-state index contributed by atoms with van der Waals surface area (Å²) in [6.45, 7) is 12.6. The topological polar surface area (TPSA) is 65.5 Å². The van der Waals surface area contributed by atoms with Crippen LogP contribution < -0.4 is 16.0 Å². The van der Waals surface area contributed by atoms with Gasteiger partial charge in [-0.05, 0) is 31.7 Å². The molecule has 0 aliphatic rings. The molecule has 1 atom stereocenters. The van der Waals surface area contributed by atoms with Crippen molar-refractivity contribution in [2.45, 2.75) is 58.9 Å². The van der Waals surface area contributed by atoms with Gasteiger partial charge in [0.2, 0.25) is 5.91 Å². The molecule has 0 saturated carbocycles. The standard InChI is InChI=1S/C18H32N4OS/c1-6-14(3)22-16(23)10-11-20-17(19-7-2)21-13-18(4,5)15-9-8-12-24-15/h8-9,12,14H,6-7,10-11,13H2,1-5H3,(H,22,23)(H2,19,20,21). The second kappa shape index (κ2) is 10.3. The van der Waals surface area contributed by atoms with Crippen LogP contribution in [0.4, 0.5) is 0 Å². The van der Waals surface area contributed by atoms with Crippen molar-refractivity contribution in [3.05, 3.63) is 22.4 Å². The number of rotatable bonds is 9. The zero-order valence-corrected chi connectivity index (χ0v) is 16.4. The molecule has 3 N–H and O–H groups in total. The van der Waals surface area contributed by atoms with Crippen LogP contribution in [0, 0.1) is 0 Å². The highest BCUT2D eigenvalue weighted by atomic mass is 32.1. The van der Waals surface area contributed by atoms with Crippen molar-refractivity contribution in [3.8, 4) is 0 Å². The third-order valence-electron chi connectivity index (χ3n) is 3.83. The number of guanidine groups is 1. The van der Waals surface area contributed by atoms with Gasteiger partial charge in [0.1, 0.15) is 0 Å². The number of thiophene rings is 1. The molecule has 5 nitrogen and oxygen atoms in total. The second-order valence-corrected chi connectivity index (χ2v) is 7.56. The number of hydrogen-bond donors (Lipinski definition) is 3. The van der Waals surface area contributed by atoms with Gasteiger partial charge in [-0.25, -0.2) is 0 Å². The smallest absolute Gasteiger partial charge is 0.221 e. The van der Waals surface area contributed by atoms with Crippen molar-refractivity contribution in [1.29, 1.82) is 0 Å². The number of aliphatic imine (C=N–C) groups is 1. The zero-order chi connectivity index (χ0) is 18.0. The largest absolute Gasteiger partial charge is 0.357 e. The summed E-state index contributed by atoms with van der Waals surface area (Å²) in [7, 11) is 0. The fourth-order valence-electron chi connectivity index (χ4n) is 2.10. The Bertz CT molecular complexity index is 511. The lowest BCUT2D eigenvalue weighted by Crippen LogP contribution is -2.41. The van der Waals surface area contributed by atoms with Crippen LogP contribution in [0.15, 0.2) is 22.5 Å². The van der Waals surface area contributed by atoms with Crippen molar-refractivity contribution >= 4 is 23.2 Å². The van der Waals surface area contributed by atoms with Gasteiger partial charge in [0.05, 0.1) is 6.54 Å². The summed E-state index contributed by atoms with van der Waals surface area (Å²) < 4.78 is 0. The Kier molecular flexibility index (Phi) is 8.82. The molecule has 6 heteroatoms. The second-order valence-electron chi connectivity index (χ2n) is 6.61. The molecular weight excluding hydrogens is 320 g/mol. The number of nitrogens with one attached hydrogen (secondary N) is 3. The van der Waals surface area contributed by atoms with Crippen molar-refractivity contribution in [2.75, 3.05) is 19.6 Å². The molecule has 0 spiro atoms. The molecule has 0 aromatic carbocycles. The molecule has 0 radical (unpaired) electrons. The van der Waals surface area contributed by atoms with Crippen LogP contribution in [0.25, 0.3) is 0 Å². The third kappa shape index (κ3) is 7.34. The minimum absolute atomic E-state index is 0.00442. The van der Waals surface area contributed by atoms with Crippen molar-refractivity contribution in [1.82, 2.24) is 16.0 Å². The Hall–Kier alpha value is -1.56. The van der Waals surface area contributed by atoms with Gasteiger partial charge >= 0.3 is 0 Å². The van der Waals surface area contributed by atoms with Crippen LogP contribution in [-0.4, -0.2) is 37.5 Å². The molecule has 0 aliphatic heterocycles. The molecule has 1 amide bonds. The van der Waals surface area contributed by atoms with Gasteiger partial charge in [-0.2, -0.15) is 0 Å². The number of carbonyl (C=O) groups is 1. The highest BCUT2D eigenvalue weighted by molar-refractivity contribution is 7.10. The van der Waals surface area contributed by atoms with Gasteiger partial charge in [-0.15, -0.1) is 11.3 Å². The van der Waals surface area contributed by atoms with E-state index in [1.165, 1.54) is 4.88 Å². The molecule has 1 aromatic heterocycles. The lowest BCUT2D eigenvalue weighted by Gasteiger charge is -2.22. The lowest BCUT2D eigenvalue weighted by molar-refractivity contribution is -0.121. The predicted octanol–water partition coefficient (Wildman–Crippen LogP) is 2.89. The predicted molar refractivity (Wildman–Crippen MR) is 104 cm³/mol. The van der Waals surface area contributed by atoms with Crippen molar-refractivity contribution in [3.63, 3.8) is 0 Å². The van der Waals surface area contributed by atoms with Crippen LogP contribution >= 0.6 is 11.3 Å². The maximum atomic E-state index is 11.8. The number of nitrogens with zero attached hydrogens (tertiary/aromatic N) is 1. The van der Waals surface area contributed by atoms with E-state index < -0.39 is 0 Å². The Balaban J connectivity index is 2.49. The summed E-state index contributed by atoms with van der Waals surface area (Å²) in [5, 5.41) is 11.5. The Morgan fingerprint density at radius 2 is 2.08 bits per heavy atom. The van der Waals surface area contributed by atoms with Gasteiger partial charge in [-0.3, -0.25) is 9.79 Å². The summed E-state index contributed by atoms with van der Waals surface area (Å²) in [4.78, 5) is 17.8. The van der Waals surface area contributed by atoms with E-state index in [2.05, 4.69) is 59.2 Å². The summed E-state index contributed by atoms with van der Waals surface area (Å²) in [5.74, 6) is 0.838. The van der Waals surface area contributed by atoms with E-state index in [4.69, 9.17) is 0 Å². The van der Waals surface area contributed by atoms with Crippen molar-refractivity contribution in [2.24, 2.45) is 4.99 Å². The first-order valence-electron chi connectivity index (χ1n) is 8.74. The number of amides is 1. The van der Waals surface area contributed by atoms with E-state index in [1.54, 1.807) is 11.3 Å². The Morgan fingerprint density at radius 3 is 2.67 bits per heavy atom. The summed E-state index contributed by atoms with van der Waals surface area (Å²) >= 11 is 1.76. The highest BCUT2D eigenvalue weighted by Gasteiger charge is 2.21. The van der Waals surface area contributed by atoms with Gasteiger partial charge < -0.3 is 16.0 Å². The van der Waals surface area contributed by atoms with Crippen LogP contribution in [0.5, 0.6) is 0 Å². The maximum Gasteiger partial charge on any atom is 0.221 e. The van der Waals surface area contributed by atoms with E-state index in [-0.39, 0.29) is 17.4 Å². The number of hydrogen-bond acceptors (Lipinski definition) is 3. The first-order chi connectivity index (χ1) is 11.4. The minimum Gasteiger partial charge on any atom is -0.357 e. The fraction of sp³-hybridized carbons (Fsp3) is 0.667. The molecule has 0 aliphatic carbocycles. The third-order valence-corrected chi connectivity index (χ3v) is 5.06. The van der Waals surface area contributed by atoms with Crippen molar-refractivity contribution < 1.29 is 4.79 Å². The summed E-state index contributed by atoms with van der Waals surface area (Å²) in [6.07, 6.45) is 1.39. The van der Waals surface area contributed by atoms with Gasteiger partial charge in [0.15, 0.2) is 5.96 Å². The Morgan fingerprint density at radius 1 is 1.33 bits per heavy atom. The molecule has 0 fully saturated rings. The first-order valence-corrected chi connectivity index (χ1v) is 9.62. The fourth-order valence-corrected chi connectivity index (χ4v) is 2.95. The molecular formula is C18H32N4OS. The Labute approximate surface area is 150 Å². The van der Waals surface area contributed by atoms with Gasteiger partial charge in [0, 0.05) is 35.8 Å². The van der Waals surface area contributed by atoms with Crippen LogP contribution in [0.1, 0.15) is 52.3 Å². The van der Waals surface area contributed by atoms with E-state index in [1.807, 2.05) is 13.8 Å². The highest BCUT2D eigenvalue weighted by Crippen LogP contribution is 2.27. The summed E-state index contributed by atoms with van der Waals surface area (Å²) in [6, 6.07) is 4.45. The van der Waals surface area contributed by atoms with Crippen LogP contribution in [0.2, 0.25) is 0 Å². The van der Waals surface area contributed by atoms with E-state index in [0.29, 0.717) is 19.5 Å². The minimum atomic E-state index is 0.00442. The summed E-state index contributed by atoms with van der Waals surface area (Å²) in [5.41, 5.74) is 0.00442. The van der Waals surface area contributed by atoms with E-state index >= 15 is 0 Å². The SMILES string of the molecule is CCNC(=NCC(C)(C)c1cccs1)NCCC(=O)NC(C)CC. The molecule has 24 heavy (non-hydrogen) atoms. The molecule has 1 aromatic rings. The maximum absolute atomic E-state index is 11.8. The molecule has 0 saturated heterocycles. The van der Waals surface area contributed by atoms with Crippen LogP contribution in [-0.2, 0) is 10.2 Å². The molecule has 1 rings (SSSR count). The first kappa shape index (κ1) is 20.5. The van der Waals surface area contributed by atoms with Gasteiger partial charge in [0.25, 0.3) is 0 Å². The molecule has 136 valence electrons. The molecule has 1 heterocycles. The molecule has 1 unspecified atom stereocenters. The van der Waals surface area contributed by atoms with Gasteiger partial charge in [-0.1, -0.05) is 26.8 Å². The average molecular weight is 353 g/mol. The lowest BCUT2D eigenvalue weighted by atomic mass is 9.92. The average Bonchev–Trinajstić information content (AvgIpc) is 3.07. The van der Waals surface area contributed by atoms with E-state index in [9.17, 15) is 4.79 Å². The monoisotopic (exact) mass is 352 g/mol. The normalized spacial score (nSPS) is 13.5. The quantitative estimate of drug-likeness (QED) is 0.473. The van der Waals surface area contributed by atoms with Crippen LogP contribution in [0.3, 0.4) is 0 Å². The van der Waals surface area contributed by atoms with E-state index in [0.717, 1.165) is 18.9 Å².